The molecule has 1 aliphatic heterocycles. The zero-order valence-corrected chi connectivity index (χ0v) is 10.2. The van der Waals surface area contributed by atoms with Gasteiger partial charge in [-0.15, -0.1) is 0 Å². The predicted molar refractivity (Wildman–Crippen MR) is 68.1 cm³/mol. The van der Waals surface area contributed by atoms with Crippen LogP contribution in [0.4, 0.5) is 0 Å². The van der Waals surface area contributed by atoms with Gasteiger partial charge in [-0.2, -0.15) is 0 Å². The van der Waals surface area contributed by atoms with Gasteiger partial charge in [0.15, 0.2) is 0 Å². The molecule has 16 heavy (non-hydrogen) atoms. The summed E-state index contributed by atoms with van der Waals surface area (Å²) in [6.45, 7) is 5.32. The van der Waals surface area contributed by atoms with Crippen molar-refractivity contribution in [3.63, 3.8) is 0 Å². The third kappa shape index (κ3) is 2.83. The van der Waals surface area contributed by atoms with Gasteiger partial charge >= 0.3 is 0 Å². The van der Waals surface area contributed by atoms with Crippen LogP contribution in [0.3, 0.4) is 0 Å². The Hall–Kier alpha value is -0.860. The number of rotatable bonds is 3. The molecule has 0 saturated carbocycles. The van der Waals surface area contributed by atoms with Crippen LogP contribution in [-0.2, 0) is 13.1 Å². The summed E-state index contributed by atoms with van der Waals surface area (Å²) in [7, 11) is 0. The smallest absolute Gasteiger partial charge is 0.0236 e. The molecule has 1 aromatic rings. The molecule has 2 N–H and O–H groups in total. The summed E-state index contributed by atoms with van der Waals surface area (Å²) >= 11 is 0. The molecule has 2 nitrogen and oxygen atoms in total. The van der Waals surface area contributed by atoms with E-state index in [2.05, 4.69) is 36.1 Å². The molecule has 1 heterocycles. The number of likely N-dealkylation sites (tertiary alicyclic amines) is 1. The minimum atomic E-state index is 0.639. The van der Waals surface area contributed by atoms with Crippen molar-refractivity contribution in [1.29, 1.82) is 0 Å². The molecule has 88 valence electrons. The van der Waals surface area contributed by atoms with Gasteiger partial charge in [0.25, 0.3) is 0 Å². The highest BCUT2D eigenvalue weighted by Crippen LogP contribution is 2.19. The van der Waals surface area contributed by atoms with Crippen molar-refractivity contribution in [2.45, 2.75) is 45.3 Å². The zero-order chi connectivity index (χ0) is 11.4. The standard InChI is InChI=1S/C14H22N2/c1-12-4-2-3-9-16(12)11-14-7-5-13(10-15)6-8-14/h5-8,12H,2-4,9-11,15H2,1H3/t12-/m0/s1. The fraction of sp³-hybridized carbons (Fsp3) is 0.571. The second-order valence-corrected chi connectivity index (χ2v) is 4.84. The lowest BCUT2D eigenvalue weighted by Gasteiger charge is -2.33. The molecule has 1 aliphatic rings. The van der Waals surface area contributed by atoms with E-state index in [4.69, 9.17) is 5.73 Å². The Morgan fingerprint density at radius 2 is 1.88 bits per heavy atom. The Balaban J connectivity index is 1.96. The highest BCUT2D eigenvalue weighted by atomic mass is 15.2. The van der Waals surface area contributed by atoms with Crippen molar-refractivity contribution in [2.24, 2.45) is 5.73 Å². The maximum Gasteiger partial charge on any atom is 0.0236 e. The average Bonchev–Trinajstić information content (AvgIpc) is 2.33. The van der Waals surface area contributed by atoms with E-state index >= 15 is 0 Å². The largest absolute Gasteiger partial charge is 0.326 e. The first-order valence-corrected chi connectivity index (χ1v) is 6.31. The van der Waals surface area contributed by atoms with Gasteiger partial charge in [-0.3, -0.25) is 4.90 Å². The quantitative estimate of drug-likeness (QED) is 0.844. The molecule has 1 fully saturated rings. The molecule has 1 saturated heterocycles. The van der Waals surface area contributed by atoms with Crippen LogP contribution in [0, 0.1) is 0 Å². The predicted octanol–water partition coefficient (Wildman–Crippen LogP) is 2.52. The van der Waals surface area contributed by atoms with Crippen LogP contribution in [0.5, 0.6) is 0 Å². The summed E-state index contributed by atoms with van der Waals surface area (Å²) in [6.07, 6.45) is 4.09. The third-order valence-electron chi connectivity index (χ3n) is 3.58. The van der Waals surface area contributed by atoms with Crippen LogP contribution in [0.15, 0.2) is 24.3 Å². The molecule has 0 aromatic heterocycles. The molecule has 0 radical (unpaired) electrons. The Bertz CT molecular complexity index is 318. The molecule has 2 heteroatoms. The first-order valence-electron chi connectivity index (χ1n) is 6.31. The van der Waals surface area contributed by atoms with Crippen LogP contribution in [0.2, 0.25) is 0 Å². The van der Waals surface area contributed by atoms with Crippen molar-refractivity contribution in [3.8, 4) is 0 Å². The van der Waals surface area contributed by atoms with E-state index in [1.807, 2.05) is 0 Å². The van der Waals surface area contributed by atoms with E-state index < -0.39 is 0 Å². The van der Waals surface area contributed by atoms with E-state index in [1.165, 1.54) is 36.9 Å². The Kier molecular flexibility index (Phi) is 3.97. The first kappa shape index (κ1) is 11.6. The lowest BCUT2D eigenvalue weighted by Crippen LogP contribution is -2.36. The molecular weight excluding hydrogens is 196 g/mol. The van der Waals surface area contributed by atoms with Crippen LogP contribution < -0.4 is 5.73 Å². The number of nitrogens with two attached hydrogens (primary N) is 1. The fourth-order valence-electron chi connectivity index (χ4n) is 2.41. The molecule has 0 unspecified atom stereocenters. The molecule has 2 rings (SSSR count). The number of benzene rings is 1. The van der Waals surface area contributed by atoms with Gasteiger partial charge in [0.05, 0.1) is 0 Å². The van der Waals surface area contributed by atoms with Crippen molar-refractivity contribution in [1.82, 2.24) is 4.90 Å². The van der Waals surface area contributed by atoms with Crippen molar-refractivity contribution >= 4 is 0 Å². The molecule has 0 bridgehead atoms. The van der Waals surface area contributed by atoms with E-state index in [0.717, 1.165) is 12.6 Å². The summed E-state index contributed by atoms with van der Waals surface area (Å²) in [6, 6.07) is 9.45. The van der Waals surface area contributed by atoms with E-state index in [-0.39, 0.29) is 0 Å². The van der Waals surface area contributed by atoms with Gasteiger partial charge in [-0.25, -0.2) is 0 Å². The normalized spacial score (nSPS) is 22.2. The second-order valence-electron chi connectivity index (χ2n) is 4.84. The summed E-state index contributed by atoms with van der Waals surface area (Å²) < 4.78 is 0. The van der Waals surface area contributed by atoms with Gasteiger partial charge in [0.2, 0.25) is 0 Å². The van der Waals surface area contributed by atoms with E-state index in [9.17, 15) is 0 Å². The topological polar surface area (TPSA) is 29.3 Å². The van der Waals surface area contributed by atoms with E-state index in [1.54, 1.807) is 0 Å². The third-order valence-corrected chi connectivity index (χ3v) is 3.58. The van der Waals surface area contributed by atoms with E-state index in [0.29, 0.717) is 6.54 Å². The van der Waals surface area contributed by atoms with Gasteiger partial charge in [-0.1, -0.05) is 30.7 Å². The summed E-state index contributed by atoms with van der Waals surface area (Å²) in [5.74, 6) is 0. The Morgan fingerprint density at radius 3 is 2.50 bits per heavy atom. The minimum absolute atomic E-state index is 0.639. The number of piperidine rings is 1. The maximum absolute atomic E-state index is 5.60. The zero-order valence-electron chi connectivity index (χ0n) is 10.2. The lowest BCUT2D eigenvalue weighted by molar-refractivity contribution is 0.152. The lowest BCUT2D eigenvalue weighted by atomic mass is 10.0. The van der Waals surface area contributed by atoms with Crippen LogP contribution in [0.25, 0.3) is 0 Å². The van der Waals surface area contributed by atoms with Crippen molar-refractivity contribution in [3.05, 3.63) is 35.4 Å². The Morgan fingerprint density at radius 1 is 1.19 bits per heavy atom. The SMILES string of the molecule is C[C@H]1CCCCN1Cc1ccc(CN)cc1. The molecule has 0 amide bonds. The molecular formula is C14H22N2. The van der Waals surface area contributed by atoms with Crippen LogP contribution in [-0.4, -0.2) is 17.5 Å². The highest BCUT2D eigenvalue weighted by Gasteiger charge is 2.17. The number of hydrogen-bond donors (Lipinski definition) is 1. The molecule has 0 spiro atoms. The molecule has 1 aromatic carbocycles. The average molecular weight is 218 g/mol. The van der Waals surface area contributed by atoms with Gasteiger partial charge < -0.3 is 5.73 Å². The monoisotopic (exact) mass is 218 g/mol. The minimum Gasteiger partial charge on any atom is -0.326 e. The Labute approximate surface area is 98.4 Å². The fourth-order valence-corrected chi connectivity index (χ4v) is 2.41. The van der Waals surface area contributed by atoms with Gasteiger partial charge in [-0.05, 0) is 37.4 Å². The van der Waals surface area contributed by atoms with Crippen LogP contribution >= 0.6 is 0 Å². The van der Waals surface area contributed by atoms with Crippen LogP contribution in [0.1, 0.15) is 37.3 Å². The molecule has 1 atom stereocenters. The van der Waals surface area contributed by atoms with Gasteiger partial charge in [0, 0.05) is 19.1 Å². The van der Waals surface area contributed by atoms with Gasteiger partial charge in [0.1, 0.15) is 0 Å². The van der Waals surface area contributed by atoms with Crippen molar-refractivity contribution < 1.29 is 0 Å². The summed E-state index contributed by atoms with van der Waals surface area (Å²) in [5, 5.41) is 0. The summed E-state index contributed by atoms with van der Waals surface area (Å²) in [5.41, 5.74) is 8.22. The summed E-state index contributed by atoms with van der Waals surface area (Å²) in [4.78, 5) is 2.58. The second kappa shape index (κ2) is 5.46. The molecule has 0 aliphatic carbocycles. The maximum atomic E-state index is 5.60. The first-order chi connectivity index (χ1) is 7.79. The number of nitrogens with zero attached hydrogens (tertiary/aromatic N) is 1. The van der Waals surface area contributed by atoms with Crippen molar-refractivity contribution in [2.75, 3.05) is 6.54 Å². The highest BCUT2D eigenvalue weighted by molar-refractivity contribution is 5.22. The number of hydrogen-bond acceptors (Lipinski definition) is 2.